The van der Waals surface area contributed by atoms with Gasteiger partial charge in [-0.3, -0.25) is 14.5 Å². The number of hydrogen-bond acceptors (Lipinski definition) is 8. The van der Waals surface area contributed by atoms with Crippen LogP contribution in [0.5, 0.6) is 0 Å². The van der Waals surface area contributed by atoms with Gasteiger partial charge in [-0.15, -0.1) is 11.8 Å². The average Bonchev–Trinajstić information content (AvgIpc) is 2.42. The summed E-state index contributed by atoms with van der Waals surface area (Å²) in [6.07, 6.45) is -0.492. The number of ketones is 1. The van der Waals surface area contributed by atoms with Crippen LogP contribution in [-0.4, -0.2) is 59.0 Å². The molecule has 2 atom stereocenters. The lowest BCUT2D eigenvalue weighted by Crippen LogP contribution is -2.58. The number of hydrogen-bond donors (Lipinski definition) is 1. The summed E-state index contributed by atoms with van der Waals surface area (Å²) in [4.78, 5) is 45.4. The second-order valence-electron chi connectivity index (χ2n) is 4.11. The standard InChI is InChI=1S/C12H15NO7S/c1-7(14)6-20-12(18)11(17)13-8(15)5-9(13)21-4-3-10(16)19-2/h3-4,9,11,17H,5-6H2,1-2H3/b4-3+/t9-,11?/m1/s1. The number of rotatable bonds is 7. The number of thioether (sulfide) groups is 1. The van der Waals surface area contributed by atoms with Crippen LogP contribution in [0.2, 0.25) is 0 Å². The van der Waals surface area contributed by atoms with Gasteiger partial charge in [0.15, 0.2) is 5.78 Å². The van der Waals surface area contributed by atoms with Crippen LogP contribution >= 0.6 is 11.8 Å². The van der Waals surface area contributed by atoms with E-state index in [1.54, 1.807) is 0 Å². The first-order valence-electron chi connectivity index (χ1n) is 5.92. The molecule has 116 valence electrons. The Kier molecular flexibility index (Phi) is 6.38. The van der Waals surface area contributed by atoms with Crippen molar-refractivity contribution in [2.75, 3.05) is 13.7 Å². The van der Waals surface area contributed by atoms with E-state index in [9.17, 15) is 24.3 Å². The fourth-order valence-corrected chi connectivity index (χ4v) is 2.40. The summed E-state index contributed by atoms with van der Waals surface area (Å²) in [5, 5.41) is 10.7. The second kappa shape index (κ2) is 7.79. The smallest absolute Gasteiger partial charge is 0.357 e. The normalized spacial score (nSPS) is 19.1. The van der Waals surface area contributed by atoms with Crippen LogP contribution in [0.3, 0.4) is 0 Å². The van der Waals surface area contributed by atoms with Crippen LogP contribution < -0.4 is 0 Å². The van der Waals surface area contributed by atoms with Gasteiger partial charge in [-0.2, -0.15) is 0 Å². The van der Waals surface area contributed by atoms with Crippen molar-refractivity contribution < 1.29 is 33.8 Å². The molecule has 1 heterocycles. The number of ether oxygens (including phenoxy) is 2. The fraction of sp³-hybridized carbons (Fsp3) is 0.500. The third kappa shape index (κ3) is 4.87. The van der Waals surface area contributed by atoms with Crippen LogP contribution in [0.25, 0.3) is 0 Å². The third-order valence-corrected chi connectivity index (χ3v) is 3.48. The summed E-state index contributed by atoms with van der Waals surface area (Å²) in [6, 6.07) is 0. The highest BCUT2D eigenvalue weighted by Gasteiger charge is 2.43. The predicted octanol–water partition coefficient (Wildman–Crippen LogP) is -0.585. The van der Waals surface area contributed by atoms with Crippen LogP contribution in [0.4, 0.5) is 0 Å². The molecule has 0 bridgehead atoms. The van der Waals surface area contributed by atoms with E-state index in [1.807, 2.05) is 0 Å². The first kappa shape index (κ1) is 17.2. The van der Waals surface area contributed by atoms with E-state index in [0.717, 1.165) is 22.7 Å². The number of nitrogens with zero attached hydrogens (tertiary/aromatic N) is 1. The van der Waals surface area contributed by atoms with Crippen molar-refractivity contribution in [1.29, 1.82) is 0 Å². The summed E-state index contributed by atoms with van der Waals surface area (Å²) in [6.45, 7) is 0.767. The fourth-order valence-electron chi connectivity index (χ4n) is 1.42. The molecule has 0 saturated carbocycles. The van der Waals surface area contributed by atoms with E-state index >= 15 is 0 Å². The quantitative estimate of drug-likeness (QED) is 0.377. The molecular weight excluding hydrogens is 302 g/mol. The van der Waals surface area contributed by atoms with Gasteiger partial charge in [0.25, 0.3) is 0 Å². The van der Waals surface area contributed by atoms with Crippen molar-refractivity contribution >= 4 is 35.4 Å². The molecule has 0 aromatic carbocycles. The maximum atomic E-state index is 11.5. The first-order chi connectivity index (χ1) is 9.86. The minimum atomic E-state index is -1.77. The summed E-state index contributed by atoms with van der Waals surface area (Å²) in [5.41, 5.74) is 0. The number of amides is 1. The number of aliphatic hydroxyl groups excluding tert-OH is 1. The van der Waals surface area contributed by atoms with Crippen LogP contribution in [-0.2, 0) is 28.7 Å². The van der Waals surface area contributed by atoms with Crippen LogP contribution in [0.15, 0.2) is 11.5 Å². The SMILES string of the molecule is COC(=O)/C=C/S[C@@H]1CC(=O)N1C(O)C(=O)OCC(C)=O. The second-order valence-corrected chi connectivity index (χ2v) is 5.19. The molecule has 1 fully saturated rings. The van der Waals surface area contributed by atoms with Gasteiger partial charge in [0.1, 0.15) is 6.61 Å². The molecule has 0 spiro atoms. The molecule has 0 radical (unpaired) electrons. The Morgan fingerprint density at radius 3 is 2.71 bits per heavy atom. The zero-order valence-corrected chi connectivity index (χ0v) is 12.3. The zero-order chi connectivity index (χ0) is 16.0. The Balaban J connectivity index is 2.53. The Labute approximate surface area is 125 Å². The number of Topliss-reactive ketones (excluding diaryl/α,β-unsaturated/α-hetero) is 1. The van der Waals surface area contributed by atoms with Gasteiger partial charge in [-0.05, 0) is 12.3 Å². The van der Waals surface area contributed by atoms with Gasteiger partial charge in [0, 0.05) is 6.08 Å². The Hall–Kier alpha value is -1.87. The summed E-state index contributed by atoms with van der Waals surface area (Å²) < 4.78 is 8.94. The average molecular weight is 317 g/mol. The van der Waals surface area contributed by atoms with E-state index in [0.29, 0.717) is 0 Å². The molecule has 0 aromatic heterocycles. The molecule has 1 aliphatic heterocycles. The number of likely N-dealkylation sites (tertiary alicyclic amines) is 1. The molecule has 9 heteroatoms. The van der Waals surface area contributed by atoms with E-state index in [-0.39, 0.29) is 12.2 Å². The maximum Gasteiger partial charge on any atom is 0.357 e. The topological polar surface area (TPSA) is 110 Å². The van der Waals surface area contributed by atoms with Gasteiger partial charge in [0.05, 0.1) is 18.9 Å². The maximum absolute atomic E-state index is 11.5. The molecule has 1 N–H and O–H groups in total. The number of methoxy groups -OCH3 is 1. The summed E-state index contributed by atoms with van der Waals surface area (Å²) >= 11 is 1.08. The largest absolute Gasteiger partial charge is 0.466 e. The van der Waals surface area contributed by atoms with Gasteiger partial charge in [-0.25, -0.2) is 9.59 Å². The summed E-state index contributed by atoms with van der Waals surface area (Å²) in [5.74, 6) is -2.43. The first-order valence-corrected chi connectivity index (χ1v) is 6.86. The number of β-lactam (4-membered cyclic amide) rings is 1. The lowest BCUT2D eigenvalue weighted by atomic mass is 10.2. The molecule has 1 unspecified atom stereocenters. The van der Waals surface area contributed by atoms with Gasteiger partial charge in [0.2, 0.25) is 12.1 Å². The van der Waals surface area contributed by atoms with Crippen LogP contribution in [0.1, 0.15) is 13.3 Å². The zero-order valence-electron chi connectivity index (χ0n) is 11.5. The summed E-state index contributed by atoms with van der Waals surface area (Å²) in [7, 11) is 1.23. The van der Waals surface area contributed by atoms with Gasteiger partial charge < -0.3 is 14.6 Å². The number of carbonyl (C=O) groups excluding carboxylic acids is 4. The minimum Gasteiger partial charge on any atom is -0.466 e. The van der Waals surface area contributed by atoms with Crippen molar-refractivity contribution in [3.63, 3.8) is 0 Å². The molecule has 21 heavy (non-hydrogen) atoms. The Morgan fingerprint density at radius 1 is 1.52 bits per heavy atom. The number of carbonyl (C=O) groups is 4. The molecular formula is C12H15NO7S. The van der Waals surface area contributed by atoms with E-state index in [1.165, 1.54) is 19.4 Å². The van der Waals surface area contributed by atoms with E-state index < -0.39 is 36.1 Å². The van der Waals surface area contributed by atoms with Crippen molar-refractivity contribution in [2.45, 2.75) is 24.9 Å². The van der Waals surface area contributed by atoms with Crippen molar-refractivity contribution in [1.82, 2.24) is 4.90 Å². The highest BCUT2D eigenvalue weighted by Crippen LogP contribution is 2.31. The minimum absolute atomic E-state index is 0.118. The molecule has 1 rings (SSSR count). The lowest BCUT2D eigenvalue weighted by molar-refractivity contribution is -0.179. The lowest BCUT2D eigenvalue weighted by Gasteiger charge is -2.41. The third-order valence-electron chi connectivity index (χ3n) is 2.48. The molecule has 0 aromatic rings. The van der Waals surface area contributed by atoms with Gasteiger partial charge in [-0.1, -0.05) is 0 Å². The molecule has 0 aliphatic carbocycles. The molecule has 1 aliphatic rings. The van der Waals surface area contributed by atoms with Crippen molar-refractivity contribution in [2.24, 2.45) is 0 Å². The predicted molar refractivity (Wildman–Crippen MR) is 71.6 cm³/mol. The van der Waals surface area contributed by atoms with E-state index in [2.05, 4.69) is 9.47 Å². The number of esters is 2. The highest BCUT2D eigenvalue weighted by molar-refractivity contribution is 8.02. The Morgan fingerprint density at radius 2 is 2.19 bits per heavy atom. The Bertz CT molecular complexity index is 476. The molecule has 1 saturated heterocycles. The van der Waals surface area contributed by atoms with Crippen LogP contribution in [0, 0.1) is 0 Å². The van der Waals surface area contributed by atoms with Crippen molar-refractivity contribution in [3.8, 4) is 0 Å². The van der Waals surface area contributed by atoms with Crippen molar-refractivity contribution in [3.05, 3.63) is 11.5 Å². The monoisotopic (exact) mass is 317 g/mol. The number of aliphatic hydroxyl groups is 1. The highest BCUT2D eigenvalue weighted by atomic mass is 32.2. The van der Waals surface area contributed by atoms with E-state index in [4.69, 9.17) is 0 Å². The molecule has 1 amide bonds. The molecule has 8 nitrogen and oxygen atoms in total. The van der Waals surface area contributed by atoms with Gasteiger partial charge >= 0.3 is 11.9 Å².